The number of aromatic nitrogens is 3. The van der Waals surface area contributed by atoms with E-state index in [1.807, 2.05) is 55.1 Å². The van der Waals surface area contributed by atoms with E-state index in [0.29, 0.717) is 13.1 Å². The third-order valence-electron chi connectivity index (χ3n) is 8.30. The molecular weight excluding hydrogens is 558 g/mol. The molecule has 1 amide bonds. The second-order valence-electron chi connectivity index (χ2n) is 11.6. The average Bonchev–Trinajstić information content (AvgIpc) is 3.45. The average molecular weight is 594 g/mol. The molecule has 1 fully saturated rings. The lowest BCUT2D eigenvalue weighted by Crippen LogP contribution is -2.48. The number of carbonyl (C=O) groups excluding carboxylic acids is 1. The molecule has 0 spiro atoms. The number of nitrogens with zero attached hydrogens (tertiary/aromatic N) is 4. The molecule has 0 atom stereocenters. The Labute approximate surface area is 263 Å². The van der Waals surface area contributed by atoms with E-state index in [-0.39, 0.29) is 18.6 Å². The Morgan fingerprint density at radius 2 is 1.42 bits per heavy atom. The normalized spacial score (nSPS) is 13.7. The van der Waals surface area contributed by atoms with Gasteiger partial charge in [-0.05, 0) is 60.9 Å². The van der Waals surface area contributed by atoms with Crippen LogP contribution in [-0.2, 0) is 10.3 Å². The summed E-state index contributed by atoms with van der Waals surface area (Å²) in [5, 5.41) is 9.39. The lowest BCUT2D eigenvalue weighted by Gasteiger charge is -2.37. The molecule has 1 aliphatic heterocycles. The van der Waals surface area contributed by atoms with Gasteiger partial charge in [0.2, 0.25) is 5.91 Å². The molecule has 7 heteroatoms. The summed E-state index contributed by atoms with van der Waals surface area (Å²) in [5.41, 5.74) is 5.19. The molecule has 7 rings (SSSR count). The van der Waals surface area contributed by atoms with Crippen molar-refractivity contribution >= 4 is 22.6 Å². The van der Waals surface area contributed by atoms with Gasteiger partial charge in [0.25, 0.3) is 0 Å². The van der Waals surface area contributed by atoms with E-state index in [2.05, 4.69) is 99.9 Å². The van der Waals surface area contributed by atoms with Crippen molar-refractivity contribution in [1.82, 2.24) is 20.1 Å². The molecule has 0 radical (unpaired) electrons. The third-order valence-corrected chi connectivity index (χ3v) is 8.30. The molecule has 3 heterocycles. The van der Waals surface area contributed by atoms with Gasteiger partial charge in [0.1, 0.15) is 22.8 Å². The van der Waals surface area contributed by atoms with Gasteiger partial charge < -0.3 is 15.0 Å². The molecule has 0 aliphatic carbocycles. The van der Waals surface area contributed by atoms with Crippen LogP contribution in [0.2, 0.25) is 0 Å². The van der Waals surface area contributed by atoms with Gasteiger partial charge in [-0.2, -0.15) is 5.10 Å². The molecule has 1 N–H and O–H groups in total. The highest BCUT2D eigenvalue weighted by Crippen LogP contribution is 2.44. The van der Waals surface area contributed by atoms with Crippen LogP contribution in [0.5, 0.6) is 5.75 Å². The second kappa shape index (κ2) is 11.9. The molecule has 224 valence electrons. The molecule has 0 saturated carbocycles. The van der Waals surface area contributed by atoms with E-state index in [4.69, 9.17) is 9.84 Å². The summed E-state index contributed by atoms with van der Waals surface area (Å²) >= 11 is 0. The summed E-state index contributed by atoms with van der Waals surface area (Å²) in [4.78, 5) is 18.9. The summed E-state index contributed by atoms with van der Waals surface area (Å²) in [5.74, 6) is 1.53. The number of pyridine rings is 1. The molecule has 1 saturated heterocycles. The van der Waals surface area contributed by atoms with E-state index < -0.39 is 5.54 Å². The van der Waals surface area contributed by atoms with Gasteiger partial charge in [-0.15, -0.1) is 0 Å². The number of piperazine rings is 1. The summed E-state index contributed by atoms with van der Waals surface area (Å²) in [6.45, 7) is 5.62. The minimum atomic E-state index is -0.790. The Bertz CT molecular complexity index is 1840. The standard InChI is InChI=1S/C38H35N5O2/c1-27(2)45-32-18-19-34-33(25-32)37(28-20-21-39-35(24-28)42-23-22-40-36(44)26-42)41-43(34)38(29-12-6-3-7-13-29,30-14-8-4-9-15-30)31-16-10-5-11-17-31/h3-21,24-25,27H,22-23,26H2,1-2H3,(H,40,44). The number of nitrogens with one attached hydrogen (secondary N) is 1. The minimum absolute atomic E-state index is 0.00276. The predicted molar refractivity (Wildman–Crippen MR) is 179 cm³/mol. The van der Waals surface area contributed by atoms with Crippen LogP contribution in [0.4, 0.5) is 5.82 Å². The zero-order chi connectivity index (χ0) is 30.8. The van der Waals surface area contributed by atoms with E-state index >= 15 is 0 Å². The maximum atomic E-state index is 12.2. The SMILES string of the molecule is CC(C)Oc1ccc2c(c1)c(-c1ccnc(N3CCNC(=O)C3)c1)nn2C(c1ccccc1)(c1ccccc1)c1ccccc1. The molecule has 4 aromatic carbocycles. The minimum Gasteiger partial charge on any atom is -0.491 e. The van der Waals surface area contributed by atoms with E-state index in [0.717, 1.165) is 50.4 Å². The highest BCUT2D eigenvalue weighted by atomic mass is 16.5. The summed E-state index contributed by atoms with van der Waals surface area (Å²) in [6.07, 6.45) is 1.82. The van der Waals surface area contributed by atoms with Gasteiger partial charge in [0.15, 0.2) is 0 Å². The van der Waals surface area contributed by atoms with Crippen LogP contribution in [0, 0.1) is 0 Å². The first-order valence-corrected chi connectivity index (χ1v) is 15.4. The molecule has 1 aliphatic rings. The molecular formula is C38H35N5O2. The third kappa shape index (κ3) is 5.20. The maximum absolute atomic E-state index is 12.2. The number of fused-ring (bicyclic) bond motifs is 1. The summed E-state index contributed by atoms with van der Waals surface area (Å²) in [7, 11) is 0. The second-order valence-corrected chi connectivity index (χ2v) is 11.6. The Balaban J connectivity index is 1.54. The van der Waals surface area contributed by atoms with Gasteiger partial charge in [0.05, 0.1) is 18.2 Å². The number of amides is 1. The number of hydrogen-bond donors (Lipinski definition) is 1. The fraction of sp³-hybridized carbons (Fsp3) is 0.184. The van der Waals surface area contributed by atoms with Crippen LogP contribution in [0.25, 0.3) is 22.2 Å². The Hall–Kier alpha value is -5.43. The van der Waals surface area contributed by atoms with Gasteiger partial charge in [0, 0.05) is 30.2 Å². The first-order valence-electron chi connectivity index (χ1n) is 15.4. The molecule has 0 bridgehead atoms. The van der Waals surface area contributed by atoms with Crippen molar-refractivity contribution in [2.45, 2.75) is 25.5 Å². The predicted octanol–water partition coefficient (Wildman–Crippen LogP) is 6.66. The zero-order valence-corrected chi connectivity index (χ0v) is 25.4. The zero-order valence-electron chi connectivity index (χ0n) is 25.4. The van der Waals surface area contributed by atoms with Crippen LogP contribution < -0.4 is 15.0 Å². The highest BCUT2D eigenvalue weighted by molar-refractivity contribution is 5.95. The van der Waals surface area contributed by atoms with E-state index in [1.54, 1.807) is 6.20 Å². The topological polar surface area (TPSA) is 72.3 Å². The van der Waals surface area contributed by atoms with Gasteiger partial charge in [-0.3, -0.25) is 4.79 Å². The number of rotatable bonds is 8. The number of benzene rings is 4. The number of anilines is 1. The fourth-order valence-corrected chi connectivity index (χ4v) is 6.39. The van der Waals surface area contributed by atoms with Crippen LogP contribution in [-0.4, -0.2) is 46.4 Å². The van der Waals surface area contributed by atoms with Crippen LogP contribution in [0.3, 0.4) is 0 Å². The van der Waals surface area contributed by atoms with Crippen molar-refractivity contribution in [2.24, 2.45) is 0 Å². The largest absolute Gasteiger partial charge is 0.491 e. The van der Waals surface area contributed by atoms with Crippen molar-refractivity contribution in [1.29, 1.82) is 0 Å². The summed E-state index contributed by atoms with van der Waals surface area (Å²) < 4.78 is 8.36. The van der Waals surface area contributed by atoms with Gasteiger partial charge >= 0.3 is 0 Å². The molecule has 0 unspecified atom stereocenters. The Morgan fingerprint density at radius 3 is 2.00 bits per heavy atom. The smallest absolute Gasteiger partial charge is 0.239 e. The van der Waals surface area contributed by atoms with Crippen LogP contribution in [0.1, 0.15) is 30.5 Å². The van der Waals surface area contributed by atoms with E-state index in [9.17, 15) is 4.79 Å². The molecule has 7 nitrogen and oxygen atoms in total. The summed E-state index contributed by atoms with van der Waals surface area (Å²) in [6, 6.07) is 42.0. The van der Waals surface area contributed by atoms with E-state index in [1.165, 1.54) is 0 Å². The first-order chi connectivity index (χ1) is 22.0. The lowest BCUT2D eigenvalue weighted by atomic mass is 9.77. The molecule has 45 heavy (non-hydrogen) atoms. The number of ether oxygens (including phenoxy) is 1. The molecule has 2 aromatic heterocycles. The number of carbonyl (C=O) groups is 1. The fourth-order valence-electron chi connectivity index (χ4n) is 6.39. The van der Waals surface area contributed by atoms with Crippen LogP contribution >= 0.6 is 0 Å². The monoisotopic (exact) mass is 593 g/mol. The maximum Gasteiger partial charge on any atom is 0.239 e. The van der Waals surface area contributed by atoms with Crippen molar-refractivity contribution in [3.05, 3.63) is 144 Å². The first kappa shape index (κ1) is 28.3. The van der Waals surface area contributed by atoms with Crippen LogP contribution in [0.15, 0.2) is 128 Å². The quantitative estimate of drug-likeness (QED) is 0.200. The van der Waals surface area contributed by atoms with Crippen molar-refractivity contribution in [3.63, 3.8) is 0 Å². The highest BCUT2D eigenvalue weighted by Gasteiger charge is 2.41. The van der Waals surface area contributed by atoms with Crippen molar-refractivity contribution < 1.29 is 9.53 Å². The van der Waals surface area contributed by atoms with Gasteiger partial charge in [-0.1, -0.05) is 91.0 Å². The lowest BCUT2D eigenvalue weighted by molar-refractivity contribution is -0.120. The van der Waals surface area contributed by atoms with Crippen molar-refractivity contribution in [3.8, 4) is 17.0 Å². The van der Waals surface area contributed by atoms with Gasteiger partial charge in [-0.25, -0.2) is 9.67 Å². The Kier molecular flexibility index (Phi) is 7.51. The Morgan fingerprint density at radius 1 is 0.800 bits per heavy atom. The molecule has 6 aromatic rings. The van der Waals surface area contributed by atoms with Crippen molar-refractivity contribution in [2.75, 3.05) is 24.5 Å². The number of hydrogen-bond acceptors (Lipinski definition) is 5.